The normalized spacial score (nSPS) is 14.8. The number of aryl methyl sites for hydroxylation is 1. The number of halogens is 1. The van der Waals surface area contributed by atoms with Crippen LogP contribution in [0.4, 0.5) is 4.39 Å². The van der Waals surface area contributed by atoms with Crippen LogP contribution in [-0.2, 0) is 6.42 Å². The third-order valence-electron chi connectivity index (χ3n) is 4.99. The maximum Gasteiger partial charge on any atom is 0.192 e. The summed E-state index contributed by atoms with van der Waals surface area (Å²) < 4.78 is 16.3. The van der Waals surface area contributed by atoms with Crippen molar-refractivity contribution in [2.45, 2.75) is 49.6 Å². The Kier molecular flexibility index (Phi) is 5.31. The number of aromatic nitrogens is 3. The van der Waals surface area contributed by atoms with Crippen LogP contribution in [0.5, 0.6) is 0 Å². The molecule has 1 heterocycles. The van der Waals surface area contributed by atoms with E-state index < -0.39 is 0 Å². The summed E-state index contributed by atoms with van der Waals surface area (Å²) in [6.07, 6.45) is 2.99. The van der Waals surface area contributed by atoms with Crippen LogP contribution in [0.1, 0.15) is 48.7 Å². The molecule has 1 saturated carbocycles. The van der Waals surface area contributed by atoms with Crippen molar-refractivity contribution in [1.82, 2.24) is 14.8 Å². The minimum absolute atomic E-state index is 0.0606. The zero-order valence-electron chi connectivity index (χ0n) is 15.9. The molecule has 1 aliphatic rings. The van der Waals surface area contributed by atoms with Crippen LogP contribution in [0.2, 0.25) is 0 Å². The number of rotatable bonds is 7. The first-order valence-corrected chi connectivity index (χ1v) is 10.5. The minimum Gasteiger partial charge on any atom is -0.299 e. The molecule has 1 atom stereocenters. The van der Waals surface area contributed by atoms with E-state index in [9.17, 15) is 9.18 Å². The number of hydrogen-bond donors (Lipinski definition) is 0. The van der Waals surface area contributed by atoms with Crippen LogP contribution < -0.4 is 0 Å². The van der Waals surface area contributed by atoms with E-state index in [4.69, 9.17) is 0 Å². The highest BCUT2D eigenvalue weighted by atomic mass is 32.2. The lowest BCUT2D eigenvalue weighted by atomic mass is 10.1. The van der Waals surface area contributed by atoms with Gasteiger partial charge >= 0.3 is 0 Å². The summed E-state index contributed by atoms with van der Waals surface area (Å²) in [5, 5.41) is 8.92. The van der Waals surface area contributed by atoms with Crippen LogP contribution in [0.15, 0.2) is 53.7 Å². The van der Waals surface area contributed by atoms with Crippen molar-refractivity contribution < 1.29 is 9.18 Å². The van der Waals surface area contributed by atoms with E-state index in [1.165, 1.54) is 23.4 Å². The fourth-order valence-corrected chi connectivity index (χ4v) is 4.19. The van der Waals surface area contributed by atoms with E-state index in [2.05, 4.69) is 17.1 Å². The van der Waals surface area contributed by atoms with E-state index in [0.29, 0.717) is 22.1 Å². The molecule has 28 heavy (non-hydrogen) atoms. The van der Waals surface area contributed by atoms with Crippen LogP contribution in [0.25, 0.3) is 11.4 Å². The third-order valence-corrected chi connectivity index (χ3v) is 6.05. The molecule has 0 radical (unpaired) electrons. The monoisotopic (exact) mass is 395 g/mol. The fraction of sp³-hybridized carbons (Fsp3) is 0.318. The number of nitrogens with zero attached hydrogens (tertiary/aromatic N) is 3. The van der Waals surface area contributed by atoms with Gasteiger partial charge in [0.1, 0.15) is 5.82 Å². The van der Waals surface area contributed by atoms with Crippen molar-refractivity contribution in [1.29, 1.82) is 0 Å². The minimum atomic E-state index is -0.312. The number of benzene rings is 2. The highest BCUT2D eigenvalue weighted by Crippen LogP contribution is 2.42. The Morgan fingerprint density at radius 1 is 1.18 bits per heavy atom. The molecule has 0 bridgehead atoms. The van der Waals surface area contributed by atoms with Gasteiger partial charge in [0.15, 0.2) is 16.8 Å². The Balaban J connectivity index is 1.59. The van der Waals surface area contributed by atoms with E-state index >= 15 is 0 Å². The first-order chi connectivity index (χ1) is 13.6. The van der Waals surface area contributed by atoms with Gasteiger partial charge in [-0.25, -0.2) is 4.39 Å². The predicted molar refractivity (Wildman–Crippen MR) is 109 cm³/mol. The highest BCUT2D eigenvalue weighted by molar-refractivity contribution is 8.00. The van der Waals surface area contributed by atoms with Gasteiger partial charge in [-0.1, -0.05) is 55.1 Å². The molecule has 3 aromatic rings. The van der Waals surface area contributed by atoms with Gasteiger partial charge in [0, 0.05) is 11.6 Å². The largest absolute Gasteiger partial charge is 0.299 e. The molecule has 1 fully saturated rings. The lowest BCUT2D eigenvalue weighted by molar-refractivity contribution is 0.0994. The molecule has 0 N–H and O–H groups in total. The maximum absolute atomic E-state index is 14.3. The van der Waals surface area contributed by atoms with Crippen molar-refractivity contribution in [3.8, 4) is 11.4 Å². The zero-order valence-corrected chi connectivity index (χ0v) is 16.7. The van der Waals surface area contributed by atoms with Crippen molar-refractivity contribution in [2.75, 3.05) is 0 Å². The second-order valence-corrected chi connectivity index (χ2v) is 8.37. The standard InChI is InChI=1S/C22H22FN3OS/c1-3-15-8-10-16(11-9-15)20(27)14(2)28-22-25-24-21(26(22)17-12-13-17)18-6-4-5-7-19(18)23/h4-11,14,17H,3,12-13H2,1-2H3. The Hall–Kier alpha value is -2.47. The Morgan fingerprint density at radius 2 is 1.89 bits per heavy atom. The molecule has 6 heteroatoms. The van der Waals surface area contributed by atoms with Crippen molar-refractivity contribution in [3.63, 3.8) is 0 Å². The SMILES string of the molecule is CCc1ccc(C(=O)C(C)Sc2nnc(-c3ccccc3F)n2C2CC2)cc1. The fourth-order valence-electron chi connectivity index (χ4n) is 3.20. The van der Waals surface area contributed by atoms with Gasteiger partial charge in [-0.2, -0.15) is 0 Å². The lowest BCUT2D eigenvalue weighted by Crippen LogP contribution is -2.15. The van der Waals surface area contributed by atoms with Crippen molar-refractivity contribution in [2.24, 2.45) is 0 Å². The van der Waals surface area contributed by atoms with Gasteiger partial charge in [0.2, 0.25) is 0 Å². The number of hydrogen-bond acceptors (Lipinski definition) is 4. The second kappa shape index (κ2) is 7.87. The number of ketones is 1. The van der Waals surface area contributed by atoms with E-state index in [1.807, 2.05) is 35.8 Å². The summed E-state index contributed by atoms with van der Waals surface area (Å²) in [6, 6.07) is 14.6. The summed E-state index contributed by atoms with van der Waals surface area (Å²) >= 11 is 1.39. The Bertz CT molecular complexity index is 995. The maximum atomic E-state index is 14.3. The molecular formula is C22H22FN3OS. The molecule has 1 aliphatic carbocycles. The van der Waals surface area contributed by atoms with Gasteiger partial charge in [-0.15, -0.1) is 10.2 Å². The molecule has 4 rings (SSSR count). The molecule has 2 aromatic carbocycles. The van der Waals surface area contributed by atoms with Crippen LogP contribution in [0, 0.1) is 5.82 Å². The molecule has 0 aliphatic heterocycles. The first-order valence-electron chi connectivity index (χ1n) is 9.58. The number of thioether (sulfide) groups is 1. The van der Waals surface area contributed by atoms with Crippen LogP contribution in [0.3, 0.4) is 0 Å². The molecule has 1 unspecified atom stereocenters. The van der Waals surface area contributed by atoms with Crippen LogP contribution >= 0.6 is 11.8 Å². The lowest BCUT2D eigenvalue weighted by Gasteiger charge is -2.13. The Labute approximate surface area is 168 Å². The van der Waals surface area contributed by atoms with E-state index in [0.717, 1.165) is 19.3 Å². The number of carbonyl (C=O) groups excluding carboxylic acids is 1. The number of Topliss-reactive ketones (excluding diaryl/α,β-unsaturated/α-hetero) is 1. The molecule has 4 nitrogen and oxygen atoms in total. The molecule has 144 valence electrons. The molecular weight excluding hydrogens is 373 g/mol. The summed E-state index contributed by atoms with van der Waals surface area (Å²) in [5.74, 6) is 0.286. The highest BCUT2D eigenvalue weighted by Gasteiger charge is 2.32. The summed E-state index contributed by atoms with van der Waals surface area (Å²) in [5.41, 5.74) is 2.35. The van der Waals surface area contributed by atoms with E-state index in [1.54, 1.807) is 18.2 Å². The molecule has 0 saturated heterocycles. The zero-order chi connectivity index (χ0) is 19.7. The molecule has 0 spiro atoms. The third kappa shape index (κ3) is 3.74. The Morgan fingerprint density at radius 3 is 2.54 bits per heavy atom. The predicted octanol–water partition coefficient (Wildman–Crippen LogP) is 5.35. The molecule has 0 amide bonds. The van der Waals surface area contributed by atoms with Crippen LogP contribution in [-0.4, -0.2) is 25.8 Å². The van der Waals surface area contributed by atoms with Gasteiger partial charge in [-0.05, 0) is 43.9 Å². The van der Waals surface area contributed by atoms with Gasteiger partial charge in [-0.3, -0.25) is 9.36 Å². The molecule has 1 aromatic heterocycles. The summed E-state index contributed by atoms with van der Waals surface area (Å²) in [4.78, 5) is 12.8. The van der Waals surface area contributed by atoms with Crippen molar-refractivity contribution in [3.05, 3.63) is 65.5 Å². The topological polar surface area (TPSA) is 47.8 Å². The van der Waals surface area contributed by atoms with Crippen molar-refractivity contribution >= 4 is 17.5 Å². The number of carbonyl (C=O) groups is 1. The quantitative estimate of drug-likeness (QED) is 0.400. The second-order valence-electron chi connectivity index (χ2n) is 7.06. The summed E-state index contributed by atoms with van der Waals surface area (Å²) in [7, 11) is 0. The average Bonchev–Trinajstić information content (AvgIpc) is 3.48. The smallest absolute Gasteiger partial charge is 0.192 e. The van der Waals surface area contributed by atoms with Gasteiger partial charge in [0.25, 0.3) is 0 Å². The average molecular weight is 396 g/mol. The van der Waals surface area contributed by atoms with E-state index in [-0.39, 0.29) is 22.9 Å². The first kappa shape index (κ1) is 18.9. The van der Waals surface area contributed by atoms with Gasteiger partial charge in [0.05, 0.1) is 10.8 Å². The summed E-state index contributed by atoms with van der Waals surface area (Å²) in [6.45, 7) is 3.97. The van der Waals surface area contributed by atoms with Gasteiger partial charge < -0.3 is 0 Å².